The van der Waals surface area contributed by atoms with E-state index in [1.165, 1.54) is 38.4 Å². The van der Waals surface area contributed by atoms with Crippen LogP contribution in [-0.4, -0.2) is 32.0 Å². The number of hydrogen-bond acceptors (Lipinski definition) is 3. The van der Waals surface area contributed by atoms with Crippen molar-refractivity contribution in [1.29, 1.82) is 0 Å². The molecule has 0 aromatic rings. The van der Waals surface area contributed by atoms with Crippen molar-refractivity contribution in [3.8, 4) is 0 Å². The van der Waals surface area contributed by atoms with Crippen molar-refractivity contribution in [2.45, 2.75) is 75.6 Å². The maximum absolute atomic E-state index is 11.8. The van der Waals surface area contributed by atoms with E-state index in [-0.39, 0.29) is 11.3 Å². The van der Waals surface area contributed by atoms with Gasteiger partial charge in [-0.3, -0.25) is 0 Å². The molecule has 2 fully saturated rings. The standard InChI is InChI=1S/C14H27NO2S/c1-11(12-7-4-3-5-8-12)15-13-9-6-10-14(13)18(2,16)17/h11-15H,3-10H2,1-2H3. The van der Waals surface area contributed by atoms with Crippen LogP contribution in [0.2, 0.25) is 0 Å². The van der Waals surface area contributed by atoms with Gasteiger partial charge in [0.15, 0.2) is 9.84 Å². The smallest absolute Gasteiger partial charge is 0.151 e. The summed E-state index contributed by atoms with van der Waals surface area (Å²) in [5.41, 5.74) is 0. The first-order valence-electron chi connectivity index (χ1n) is 7.43. The average molecular weight is 273 g/mol. The zero-order chi connectivity index (χ0) is 13.2. The largest absolute Gasteiger partial charge is 0.310 e. The fourth-order valence-corrected chi connectivity index (χ4v) is 5.14. The highest BCUT2D eigenvalue weighted by Crippen LogP contribution is 2.29. The Morgan fingerprint density at radius 3 is 2.28 bits per heavy atom. The Morgan fingerprint density at radius 2 is 1.67 bits per heavy atom. The average Bonchev–Trinajstić information content (AvgIpc) is 2.78. The van der Waals surface area contributed by atoms with Gasteiger partial charge in [-0.2, -0.15) is 0 Å². The van der Waals surface area contributed by atoms with E-state index < -0.39 is 9.84 Å². The topological polar surface area (TPSA) is 46.2 Å². The first-order valence-corrected chi connectivity index (χ1v) is 9.39. The van der Waals surface area contributed by atoms with Crippen molar-refractivity contribution in [3.05, 3.63) is 0 Å². The molecule has 2 aliphatic carbocycles. The summed E-state index contributed by atoms with van der Waals surface area (Å²) >= 11 is 0. The summed E-state index contributed by atoms with van der Waals surface area (Å²) in [5.74, 6) is 0.750. The molecular weight excluding hydrogens is 246 g/mol. The van der Waals surface area contributed by atoms with Gasteiger partial charge >= 0.3 is 0 Å². The van der Waals surface area contributed by atoms with Crippen molar-refractivity contribution in [2.24, 2.45) is 5.92 Å². The van der Waals surface area contributed by atoms with Gasteiger partial charge in [0.25, 0.3) is 0 Å². The molecule has 18 heavy (non-hydrogen) atoms. The minimum atomic E-state index is -2.89. The van der Waals surface area contributed by atoms with Gasteiger partial charge in [0.2, 0.25) is 0 Å². The lowest BCUT2D eigenvalue weighted by Crippen LogP contribution is -2.47. The predicted octanol–water partition coefficient (Wildman–Crippen LogP) is 2.51. The maximum atomic E-state index is 11.8. The van der Waals surface area contributed by atoms with Gasteiger partial charge in [-0.05, 0) is 38.5 Å². The van der Waals surface area contributed by atoms with Crippen LogP contribution >= 0.6 is 0 Å². The van der Waals surface area contributed by atoms with Gasteiger partial charge < -0.3 is 5.32 Å². The highest BCUT2D eigenvalue weighted by Gasteiger charge is 2.36. The summed E-state index contributed by atoms with van der Waals surface area (Å²) in [6.07, 6.45) is 11.0. The van der Waals surface area contributed by atoms with Crippen molar-refractivity contribution in [1.82, 2.24) is 5.32 Å². The number of sulfone groups is 1. The highest BCUT2D eigenvalue weighted by molar-refractivity contribution is 7.91. The molecule has 106 valence electrons. The minimum absolute atomic E-state index is 0.149. The molecule has 0 aromatic heterocycles. The summed E-state index contributed by atoms with van der Waals surface area (Å²) in [6, 6.07) is 0.662. The molecule has 0 saturated heterocycles. The lowest BCUT2D eigenvalue weighted by molar-refractivity contribution is 0.264. The Balaban J connectivity index is 1.91. The van der Waals surface area contributed by atoms with Gasteiger partial charge in [-0.25, -0.2) is 8.42 Å². The van der Waals surface area contributed by atoms with Crippen molar-refractivity contribution in [2.75, 3.05) is 6.26 Å². The Kier molecular flexibility index (Phi) is 4.70. The monoisotopic (exact) mass is 273 g/mol. The van der Waals surface area contributed by atoms with Crippen LogP contribution in [0.3, 0.4) is 0 Å². The van der Waals surface area contributed by atoms with Crippen LogP contribution in [0.25, 0.3) is 0 Å². The number of nitrogens with one attached hydrogen (secondary N) is 1. The van der Waals surface area contributed by atoms with E-state index in [4.69, 9.17) is 0 Å². The molecule has 2 aliphatic rings. The van der Waals surface area contributed by atoms with Crippen molar-refractivity contribution < 1.29 is 8.42 Å². The van der Waals surface area contributed by atoms with E-state index in [0.29, 0.717) is 6.04 Å². The Hall–Kier alpha value is -0.0900. The molecule has 3 atom stereocenters. The second-order valence-corrected chi connectivity index (χ2v) is 8.52. The van der Waals surface area contributed by atoms with Crippen LogP contribution in [0.4, 0.5) is 0 Å². The Bertz CT molecular complexity index is 360. The zero-order valence-corrected chi connectivity index (χ0v) is 12.5. The number of rotatable bonds is 4. The van der Waals surface area contributed by atoms with Crippen LogP contribution in [0.15, 0.2) is 0 Å². The Morgan fingerprint density at radius 1 is 1.00 bits per heavy atom. The van der Waals surface area contributed by atoms with Crippen molar-refractivity contribution in [3.63, 3.8) is 0 Å². The molecule has 0 radical (unpaired) electrons. The zero-order valence-electron chi connectivity index (χ0n) is 11.7. The summed E-state index contributed by atoms with van der Waals surface area (Å²) in [5, 5.41) is 3.48. The number of hydrogen-bond donors (Lipinski definition) is 1. The summed E-state index contributed by atoms with van der Waals surface area (Å²) in [4.78, 5) is 0. The van der Waals surface area contributed by atoms with E-state index in [1.54, 1.807) is 0 Å². The second kappa shape index (κ2) is 5.91. The van der Waals surface area contributed by atoms with Crippen LogP contribution < -0.4 is 5.32 Å². The SMILES string of the molecule is CC(NC1CCCC1S(C)(=O)=O)C1CCCCC1. The van der Waals surface area contributed by atoms with Crippen LogP contribution in [-0.2, 0) is 9.84 Å². The van der Waals surface area contributed by atoms with Crippen molar-refractivity contribution >= 4 is 9.84 Å². The van der Waals surface area contributed by atoms with E-state index in [2.05, 4.69) is 12.2 Å². The van der Waals surface area contributed by atoms with Crippen LogP contribution in [0.5, 0.6) is 0 Å². The third-order valence-electron chi connectivity index (χ3n) is 4.84. The van der Waals surface area contributed by atoms with Gasteiger partial charge in [-0.15, -0.1) is 0 Å². The quantitative estimate of drug-likeness (QED) is 0.856. The Labute approximate surface area is 112 Å². The normalized spacial score (nSPS) is 32.6. The van der Waals surface area contributed by atoms with Gasteiger partial charge in [0.05, 0.1) is 5.25 Å². The first-order chi connectivity index (χ1) is 8.48. The molecule has 4 heteroatoms. The molecular formula is C14H27NO2S. The van der Waals surface area contributed by atoms with Crippen LogP contribution in [0.1, 0.15) is 58.3 Å². The van der Waals surface area contributed by atoms with E-state index in [0.717, 1.165) is 25.2 Å². The highest BCUT2D eigenvalue weighted by atomic mass is 32.2. The third kappa shape index (κ3) is 3.47. The summed E-state index contributed by atoms with van der Waals surface area (Å²) in [7, 11) is -2.89. The summed E-state index contributed by atoms with van der Waals surface area (Å²) < 4.78 is 23.5. The molecule has 3 nitrogen and oxygen atoms in total. The van der Waals surface area contributed by atoms with E-state index >= 15 is 0 Å². The molecule has 2 saturated carbocycles. The molecule has 0 aliphatic heterocycles. The molecule has 0 amide bonds. The maximum Gasteiger partial charge on any atom is 0.151 e. The minimum Gasteiger partial charge on any atom is -0.310 e. The van der Waals surface area contributed by atoms with E-state index in [1.807, 2.05) is 0 Å². The van der Waals surface area contributed by atoms with E-state index in [9.17, 15) is 8.42 Å². The van der Waals surface area contributed by atoms with Gasteiger partial charge in [0.1, 0.15) is 0 Å². The molecule has 2 rings (SSSR count). The molecule has 0 spiro atoms. The fraction of sp³-hybridized carbons (Fsp3) is 1.00. The first kappa shape index (κ1) is 14.3. The lowest BCUT2D eigenvalue weighted by atomic mass is 9.84. The lowest BCUT2D eigenvalue weighted by Gasteiger charge is -2.32. The van der Waals surface area contributed by atoms with Crippen LogP contribution in [0, 0.1) is 5.92 Å². The summed E-state index contributed by atoms with van der Waals surface area (Å²) in [6.45, 7) is 2.24. The third-order valence-corrected chi connectivity index (χ3v) is 6.50. The van der Waals surface area contributed by atoms with Gasteiger partial charge in [-0.1, -0.05) is 25.7 Å². The second-order valence-electron chi connectivity index (χ2n) is 6.26. The van der Waals surface area contributed by atoms with Gasteiger partial charge in [0, 0.05) is 18.3 Å². The predicted molar refractivity (Wildman–Crippen MR) is 75.4 cm³/mol. The molecule has 0 heterocycles. The molecule has 3 unspecified atom stereocenters. The molecule has 0 bridgehead atoms. The molecule has 1 N–H and O–H groups in total. The molecule has 0 aromatic carbocycles. The fourth-order valence-electron chi connectivity index (χ4n) is 3.74.